The molecule has 2 aromatic rings. The van der Waals surface area contributed by atoms with Crippen molar-refractivity contribution in [2.45, 2.75) is 59.2 Å². The number of halogens is 1. The maximum absolute atomic E-state index is 13.6. The van der Waals surface area contributed by atoms with E-state index in [0.717, 1.165) is 28.1 Å². The summed E-state index contributed by atoms with van der Waals surface area (Å²) in [5, 5.41) is 3.41. The van der Waals surface area contributed by atoms with Gasteiger partial charge in [-0.05, 0) is 56.0 Å². The van der Waals surface area contributed by atoms with Crippen LogP contribution in [0.1, 0.15) is 45.2 Å². The van der Waals surface area contributed by atoms with Gasteiger partial charge in [0, 0.05) is 17.6 Å². The molecule has 1 N–H and O–H groups in total. The maximum Gasteiger partial charge on any atom is 0.244 e. The number of carbonyl (C=O) groups is 2. The smallest absolute Gasteiger partial charge is 0.244 e. The van der Waals surface area contributed by atoms with Crippen molar-refractivity contribution in [3.05, 3.63) is 64.7 Å². The van der Waals surface area contributed by atoms with Gasteiger partial charge in [-0.25, -0.2) is 8.42 Å². The van der Waals surface area contributed by atoms with Crippen LogP contribution in [0.25, 0.3) is 0 Å². The molecule has 0 bridgehead atoms. The van der Waals surface area contributed by atoms with Gasteiger partial charge in [0.15, 0.2) is 0 Å². The minimum Gasteiger partial charge on any atom is -0.352 e. The number of rotatable bonds is 11. The largest absolute Gasteiger partial charge is 0.352 e. The molecule has 2 aromatic carbocycles. The molecule has 0 aliphatic rings. The Hall–Kier alpha value is -2.58. The van der Waals surface area contributed by atoms with Gasteiger partial charge in [-0.3, -0.25) is 13.9 Å². The highest BCUT2D eigenvalue weighted by Gasteiger charge is 2.31. The fourth-order valence-corrected chi connectivity index (χ4v) is 4.62. The molecule has 0 saturated heterocycles. The first kappa shape index (κ1) is 27.7. The van der Waals surface area contributed by atoms with Crippen LogP contribution >= 0.6 is 11.6 Å². The van der Waals surface area contributed by atoms with Gasteiger partial charge in [-0.15, -0.1) is 0 Å². The quantitative estimate of drug-likeness (QED) is 0.498. The Morgan fingerprint density at radius 3 is 2.32 bits per heavy atom. The third-order valence-corrected chi connectivity index (χ3v) is 7.09. The van der Waals surface area contributed by atoms with Crippen molar-refractivity contribution in [2.75, 3.05) is 17.1 Å². The lowest BCUT2D eigenvalue weighted by Crippen LogP contribution is -2.52. The van der Waals surface area contributed by atoms with Crippen LogP contribution in [0.2, 0.25) is 5.02 Å². The molecule has 34 heavy (non-hydrogen) atoms. The summed E-state index contributed by atoms with van der Waals surface area (Å²) in [5.41, 5.74) is 2.01. The number of nitrogens with one attached hydrogen (secondary N) is 1. The highest BCUT2D eigenvalue weighted by molar-refractivity contribution is 7.92. The second kappa shape index (κ2) is 12.2. The molecular weight excluding hydrogens is 474 g/mol. The summed E-state index contributed by atoms with van der Waals surface area (Å²) in [6.07, 6.45) is 2.43. The molecule has 0 aromatic heterocycles. The van der Waals surface area contributed by atoms with Crippen LogP contribution in [0, 0.1) is 0 Å². The molecule has 0 aliphatic heterocycles. The minimum atomic E-state index is -3.76. The molecule has 2 atom stereocenters. The number of anilines is 1. The Morgan fingerprint density at radius 1 is 1.06 bits per heavy atom. The SMILES string of the molecule is CCc1ccccc1N(CC(=O)N(Cc1cccc(Cl)c1)[C@@H](C)C(=O)N[C@H](C)CC)S(C)(=O)=O. The number of hydrogen-bond acceptors (Lipinski definition) is 4. The average Bonchev–Trinajstić information content (AvgIpc) is 2.79. The maximum atomic E-state index is 13.6. The highest BCUT2D eigenvalue weighted by atomic mass is 35.5. The van der Waals surface area contributed by atoms with E-state index in [0.29, 0.717) is 17.1 Å². The Labute approximate surface area is 208 Å². The van der Waals surface area contributed by atoms with Crippen LogP contribution < -0.4 is 9.62 Å². The standard InChI is InChI=1S/C25H34ClN3O4S/c1-6-18(3)27-25(31)19(4)28(16-20-11-10-13-22(26)15-20)24(30)17-29(34(5,32)33)23-14-9-8-12-21(23)7-2/h8-15,18-19H,6-7,16-17H2,1-5H3,(H,27,31)/t18-,19+/m1/s1. The van der Waals surface area contributed by atoms with E-state index in [9.17, 15) is 18.0 Å². The Bertz CT molecular complexity index is 1110. The van der Waals surface area contributed by atoms with Gasteiger partial charge < -0.3 is 10.2 Å². The molecule has 2 amide bonds. The Morgan fingerprint density at radius 2 is 1.74 bits per heavy atom. The highest BCUT2D eigenvalue weighted by Crippen LogP contribution is 2.24. The van der Waals surface area contributed by atoms with Crippen molar-refractivity contribution in [3.63, 3.8) is 0 Å². The van der Waals surface area contributed by atoms with E-state index in [-0.39, 0.29) is 18.5 Å². The van der Waals surface area contributed by atoms with Crippen molar-refractivity contribution in [3.8, 4) is 0 Å². The third kappa shape index (κ3) is 7.46. The van der Waals surface area contributed by atoms with E-state index in [2.05, 4.69) is 5.32 Å². The number of nitrogens with zero attached hydrogens (tertiary/aromatic N) is 2. The molecular formula is C25H34ClN3O4S. The molecule has 0 unspecified atom stereocenters. The Balaban J connectivity index is 2.42. The number of benzene rings is 2. The molecule has 7 nitrogen and oxygen atoms in total. The molecule has 0 radical (unpaired) electrons. The van der Waals surface area contributed by atoms with Crippen LogP contribution in [0.15, 0.2) is 48.5 Å². The van der Waals surface area contributed by atoms with Crippen LogP contribution in [-0.4, -0.2) is 50.0 Å². The normalized spacial score (nSPS) is 13.1. The van der Waals surface area contributed by atoms with Gasteiger partial charge in [0.05, 0.1) is 11.9 Å². The fraction of sp³-hybridized carbons (Fsp3) is 0.440. The minimum absolute atomic E-state index is 0.0537. The summed E-state index contributed by atoms with van der Waals surface area (Å²) >= 11 is 6.12. The van der Waals surface area contributed by atoms with Gasteiger partial charge in [-0.2, -0.15) is 0 Å². The molecule has 0 heterocycles. The van der Waals surface area contributed by atoms with Crippen molar-refractivity contribution in [1.82, 2.24) is 10.2 Å². The van der Waals surface area contributed by atoms with Crippen LogP contribution in [0.5, 0.6) is 0 Å². The van der Waals surface area contributed by atoms with E-state index in [4.69, 9.17) is 11.6 Å². The number of carbonyl (C=O) groups excluding carboxylic acids is 2. The fourth-order valence-electron chi connectivity index (χ4n) is 3.53. The van der Waals surface area contributed by atoms with Gasteiger partial charge in [0.25, 0.3) is 0 Å². The van der Waals surface area contributed by atoms with Crippen LogP contribution in [0.4, 0.5) is 5.69 Å². The van der Waals surface area contributed by atoms with Gasteiger partial charge >= 0.3 is 0 Å². The molecule has 186 valence electrons. The van der Waals surface area contributed by atoms with Crippen molar-refractivity contribution in [1.29, 1.82) is 0 Å². The topological polar surface area (TPSA) is 86.8 Å². The van der Waals surface area contributed by atoms with Crippen molar-refractivity contribution in [2.24, 2.45) is 0 Å². The number of hydrogen-bond donors (Lipinski definition) is 1. The summed E-state index contributed by atoms with van der Waals surface area (Å²) < 4.78 is 26.5. The second-order valence-electron chi connectivity index (χ2n) is 8.40. The third-order valence-electron chi connectivity index (χ3n) is 5.73. The second-order valence-corrected chi connectivity index (χ2v) is 10.7. The van der Waals surface area contributed by atoms with E-state index < -0.39 is 28.5 Å². The predicted molar refractivity (Wildman–Crippen MR) is 137 cm³/mol. The van der Waals surface area contributed by atoms with Crippen molar-refractivity contribution >= 4 is 39.1 Å². The summed E-state index contributed by atoms with van der Waals surface area (Å²) in [7, 11) is -3.76. The zero-order valence-electron chi connectivity index (χ0n) is 20.4. The molecule has 9 heteroatoms. The zero-order chi connectivity index (χ0) is 25.5. The molecule has 0 spiro atoms. The summed E-state index contributed by atoms with van der Waals surface area (Å²) in [6.45, 7) is 7.11. The zero-order valence-corrected chi connectivity index (χ0v) is 22.0. The number of sulfonamides is 1. The van der Waals surface area contributed by atoms with Crippen molar-refractivity contribution < 1.29 is 18.0 Å². The van der Waals surface area contributed by atoms with E-state index in [1.54, 1.807) is 37.3 Å². The molecule has 0 saturated carbocycles. The number of para-hydroxylation sites is 1. The number of amides is 2. The molecule has 0 aliphatic carbocycles. The number of aryl methyl sites for hydroxylation is 1. The molecule has 0 fully saturated rings. The summed E-state index contributed by atoms with van der Waals surface area (Å²) in [5.74, 6) is -0.785. The van der Waals surface area contributed by atoms with Crippen LogP contribution in [-0.2, 0) is 32.6 Å². The summed E-state index contributed by atoms with van der Waals surface area (Å²) in [6, 6.07) is 13.3. The predicted octanol–water partition coefficient (Wildman–Crippen LogP) is 4.00. The van der Waals surface area contributed by atoms with Crippen LogP contribution in [0.3, 0.4) is 0 Å². The lowest BCUT2D eigenvalue weighted by Gasteiger charge is -2.32. The van der Waals surface area contributed by atoms with Gasteiger partial charge in [0.2, 0.25) is 21.8 Å². The first-order valence-electron chi connectivity index (χ1n) is 11.4. The first-order valence-corrected chi connectivity index (χ1v) is 13.6. The lowest BCUT2D eigenvalue weighted by atomic mass is 10.1. The monoisotopic (exact) mass is 507 g/mol. The lowest BCUT2D eigenvalue weighted by molar-refractivity contribution is -0.139. The average molecular weight is 508 g/mol. The van der Waals surface area contributed by atoms with Gasteiger partial charge in [-0.1, -0.05) is 55.8 Å². The molecule has 2 rings (SSSR count). The van der Waals surface area contributed by atoms with Gasteiger partial charge in [0.1, 0.15) is 12.6 Å². The summed E-state index contributed by atoms with van der Waals surface area (Å²) in [4.78, 5) is 27.9. The van der Waals surface area contributed by atoms with E-state index in [1.165, 1.54) is 4.90 Å². The Kier molecular flexibility index (Phi) is 9.94. The first-order chi connectivity index (χ1) is 16.0. The van der Waals surface area contributed by atoms with E-state index in [1.807, 2.05) is 39.0 Å². The van der Waals surface area contributed by atoms with E-state index >= 15 is 0 Å².